The number of methoxy groups -OCH3 is 1. The summed E-state index contributed by atoms with van der Waals surface area (Å²) in [6, 6.07) is 0. The fourth-order valence-corrected chi connectivity index (χ4v) is 2.17. The molecule has 0 aliphatic carbocycles. The highest BCUT2D eigenvalue weighted by Crippen LogP contribution is 2.16. The van der Waals surface area contributed by atoms with Crippen molar-refractivity contribution < 1.29 is 19.4 Å². The molecule has 0 aromatic carbocycles. The molecule has 0 saturated carbocycles. The van der Waals surface area contributed by atoms with Gasteiger partial charge in [0, 0.05) is 26.7 Å². The number of carbonyl (C=O) groups excluding carboxylic acids is 1. The van der Waals surface area contributed by atoms with Crippen molar-refractivity contribution in [2.24, 2.45) is 5.92 Å². The minimum absolute atomic E-state index is 0.0178. The molecule has 0 radical (unpaired) electrons. The predicted molar refractivity (Wildman–Crippen MR) is 70.9 cm³/mol. The van der Waals surface area contributed by atoms with Crippen LogP contribution in [0.3, 0.4) is 0 Å². The summed E-state index contributed by atoms with van der Waals surface area (Å²) in [4.78, 5) is 26.3. The van der Waals surface area contributed by atoms with Gasteiger partial charge in [-0.25, -0.2) is 0 Å². The van der Waals surface area contributed by atoms with Crippen LogP contribution in [0.4, 0.5) is 0 Å². The minimum atomic E-state index is -0.920. The topological polar surface area (TPSA) is 70.1 Å². The van der Waals surface area contributed by atoms with Gasteiger partial charge in [-0.2, -0.15) is 0 Å². The van der Waals surface area contributed by atoms with E-state index >= 15 is 0 Å². The van der Waals surface area contributed by atoms with Gasteiger partial charge in [0.05, 0.1) is 19.7 Å². The molecule has 110 valence electrons. The van der Waals surface area contributed by atoms with E-state index in [0.717, 1.165) is 25.9 Å². The monoisotopic (exact) mass is 272 g/mol. The maximum absolute atomic E-state index is 12.1. The quantitative estimate of drug-likeness (QED) is 0.721. The Morgan fingerprint density at radius 1 is 1.32 bits per heavy atom. The standard InChI is InChI=1S/C13H24N2O4/c1-11-3-5-15(6-4-11)12(16)9-14(7-8-19-2)10-13(17)18/h11H,3-10H2,1-2H3,(H,17,18). The van der Waals surface area contributed by atoms with E-state index < -0.39 is 5.97 Å². The van der Waals surface area contributed by atoms with Gasteiger partial charge in [0.15, 0.2) is 0 Å². The number of rotatable bonds is 7. The Bertz CT molecular complexity index is 301. The smallest absolute Gasteiger partial charge is 0.317 e. The summed E-state index contributed by atoms with van der Waals surface area (Å²) in [7, 11) is 1.56. The lowest BCUT2D eigenvalue weighted by molar-refractivity contribution is -0.140. The van der Waals surface area contributed by atoms with Crippen molar-refractivity contribution in [3.05, 3.63) is 0 Å². The Morgan fingerprint density at radius 3 is 2.47 bits per heavy atom. The van der Waals surface area contributed by atoms with E-state index in [0.29, 0.717) is 19.1 Å². The number of hydrogen-bond acceptors (Lipinski definition) is 4. The molecule has 1 fully saturated rings. The highest BCUT2D eigenvalue weighted by atomic mass is 16.5. The number of ether oxygens (including phenoxy) is 1. The van der Waals surface area contributed by atoms with Crippen LogP contribution in [-0.4, -0.2) is 73.2 Å². The van der Waals surface area contributed by atoms with Crippen molar-refractivity contribution in [1.29, 1.82) is 0 Å². The predicted octanol–water partition coefficient (Wildman–Crippen LogP) is 0.278. The number of likely N-dealkylation sites (tertiary alicyclic amines) is 1. The van der Waals surface area contributed by atoms with Gasteiger partial charge in [-0.05, 0) is 18.8 Å². The zero-order valence-corrected chi connectivity index (χ0v) is 11.8. The molecule has 0 aromatic heterocycles. The summed E-state index contributed by atoms with van der Waals surface area (Å²) < 4.78 is 4.94. The molecule has 0 unspecified atom stereocenters. The molecule has 0 atom stereocenters. The first-order valence-corrected chi connectivity index (χ1v) is 6.73. The lowest BCUT2D eigenvalue weighted by Gasteiger charge is -2.32. The zero-order valence-electron chi connectivity index (χ0n) is 11.8. The van der Waals surface area contributed by atoms with Gasteiger partial charge in [0.2, 0.25) is 5.91 Å². The molecular formula is C13H24N2O4. The Kier molecular flexibility index (Phi) is 6.80. The molecule has 0 bridgehead atoms. The Balaban J connectivity index is 2.43. The number of nitrogens with zero attached hydrogens (tertiary/aromatic N) is 2. The van der Waals surface area contributed by atoms with Crippen molar-refractivity contribution in [2.75, 3.05) is 46.4 Å². The number of piperidine rings is 1. The fourth-order valence-electron chi connectivity index (χ4n) is 2.17. The molecule has 1 saturated heterocycles. The number of amides is 1. The molecule has 6 heteroatoms. The van der Waals surface area contributed by atoms with E-state index in [2.05, 4.69) is 6.92 Å². The molecule has 1 N–H and O–H groups in total. The SMILES string of the molecule is COCCN(CC(=O)O)CC(=O)N1CCC(C)CC1. The van der Waals surface area contributed by atoms with E-state index in [9.17, 15) is 9.59 Å². The highest BCUT2D eigenvalue weighted by molar-refractivity contribution is 5.79. The summed E-state index contributed by atoms with van der Waals surface area (Å²) in [5.41, 5.74) is 0. The number of aliphatic carboxylic acids is 1. The van der Waals surface area contributed by atoms with Crippen LogP contribution in [0.15, 0.2) is 0 Å². The van der Waals surface area contributed by atoms with Gasteiger partial charge >= 0.3 is 5.97 Å². The van der Waals surface area contributed by atoms with Crippen LogP contribution in [0.25, 0.3) is 0 Å². The Morgan fingerprint density at radius 2 is 1.95 bits per heavy atom. The first kappa shape index (κ1) is 15.9. The molecule has 1 amide bonds. The van der Waals surface area contributed by atoms with Crippen LogP contribution >= 0.6 is 0 Å². The summed E-state index contributed by atoms with van der Waals surface area (Å²) in [5, 5.41) is 8.83. The van der Waals surface area contributed by atoms with Crippen LogP contribution in [-0.2, 0) is 14.3 Å². The third kappa shape index (κ3) is 6.02. The molecule has 19 heavy (non-hydrogen) atoms. The molecule has 0 spiro atoms. The Hall–Kier alpha value is -1.14. The van der Waals surface area contributed by atoms with E-state index in [1.807, 2.05) is 4.90 Å². The second-order valence-corrected chi connectivity index (χ2v) is 5.16. The van der Waals surface area contributed by atoms with Gasteiger partial charge in [0.25, 0.3) is 0 Å². The average molecular weight is 272 g/mol. The normalized spacial score (nSPS) is 16.9. The van der Waals surface area contributed by atoms with Crippen LogP contribution in [0.1, 0.15) is 19.8 Å². The third-order valence-electron chi connectivity index (χ3n) is 3.47. The summed E-state index contributed by atoms with van der Waals surface area (Å²) in [6.07, 6.45) is 2.06. The van der Waals surface area contributed by atoms with Gasteiger partial charge in [-0.1, -0.05) is 6.92 Å². The molecule has 6 nitrogen and oxygen atoms in total. The van der Waals surface area contributed by atoms with Crippen LogP contribution in [0.2, 0.25) is 0 Å². The summed E-state index contributed by atoms with van der Waals surface area (Å²) in [5.74, 6) is -0.229. The van der Waals surface area contributed by atoms with Crippen molar-refractivity contribution >= 4 is 11.9 Å². The maximum atomic E-state index is 12.1. The number of carboxylic acids is 1. The van der Waals surface area contributed by atoms with E-state index in [-0.39, 0.29) is 19.0 Å². The Labute approximate surface area is 114 Å². The fraction of sp³-hybridized carbons (Fsp3) is 0.846. The highest BCUT2D eigenvalue weighted by Gasteiger charge is 2.22. The van der Waals surface area contributed by atoms with Crippen LogP contribution < -0.4 is 0 Å². The number of carboxylic acid groups (broad SMARTS) is 1. The second kappa shape index (κ2) is 8.12. The maximum Gasteiger partial charge on any atom is 0.317 e. The first-order chi connectivity index (χ1) is 9.02. The van der Waals surface area contributed by atoms with Crippen molar-refractivity contribution in [1.82, 2.24) is 9.80 Å². The van der Waals surface area contributed by atoms with E-state index in [1.165, 1.54) is 0 Å². The first-order valence-electron chi connectivity index (χ1n) is 6.73. The summed E-state index contributed by atoms with van der Waals surface area (Å²) >= 11 is 0. The van der Waals surface area contributed by atoms with Gasteiger partial charge in [0.1, 0.15) is 0 Å². The van der Waals surface area contributed by atoms with Crippen molar-refractivity contribution in [2.45, 2.75) is 19.8 Å². The molecule has 1 aliphatic rings. The second-order valence-electron chi connectivity index (χ2n) is 5.16. The van der Waals surface area contributed by atoms with Gasteiger partial charge < -0.3 is 14.7 Å². The lowest BCUT2D eigenvalue weighted by atomic mass is 9.99. The van der Waals surface area contributed by atoms with E-state index in [1.54, 1.807) is 12.0 Å². The molecule has 1 aliphatic heterocycles. The zero-order chi connectivity index (χ0) is 14.3. The third-order valence-corrected chi connectivity index (χ3v) is 3.47. The molecule has 1 rings (SSSR count). The lowest BCUT2D eigenvalue weighted by Crippen LogP contribution is -2.45. The van der Waals surface area contributed by atoms with E-state index in [4.69, 9.17) is 9.84 Å². The van der Waals surface area contributed by atoms with Crippen molar-refractivity contribution in [3.63, 3.8) is 0 Å². The number of hydrogen-bond donors (Lipinski definition) is 1. The van der Waals surface area contributed by atoms with Gasteiger partial charge in [-0.15, -0.1) is 0 Å². The number of carbonyl (C=O) groups is 2. The minimum Gasteiger partial charge on any atom is -0.480 e. The van der Waals surface area contributed by atoms with Crippen LogP contribution in [0.5, 0.6) is 0 Å². The molecule has 0 aromatic rings. The average Bonchev–Trinajstić information content (AvgIpc) is 2.36. The van der Waals surface area contributed by atoms with Gasteiger partial charge in [-0.3, -0.25) is 14.5 Å². The van der Waals surface area contributed by atoms with Crippen molar-refractivity contribution in [3.8, 4) is 0 Å². The molecular weight excluding hydrogens is 248 g/mol. The molecule has 1 heterocycles. The van der Waals surface area contributed by atoms with Crippen LogP contribution in [0, 0.1) is 5.92 Å². The summed E-state index contributed by atoms with van der Waals surface area (Å²) in [6.45, 7) is 4.67. The largest absolute Gasteiger partial charge is 0.480 e.